The third-order valence-electron chi connectivity index (χ3n) is 1.81. The van der Waals surface area contributed by atoms with Crippen LogP contribution in [0.25, 0.3) is 6.08 Å². The Hall–Kier alpha value is -2.02. The van der Waals surface area contributed by atoms with Gasteiger partial charge in [0.15, 0.2) is 0 Å². The van der Waals surface area contributed by atoms with Crippen molar-refractivity contribution >= 4 is 11.8 Å². The van der Waals surface area contributed by atoms with Gasteiger partial charge in [-0.1, -0.05) is 61.2 Å². The van der Waals surface area contributed by atoms with Crippen LogP contribution < -0.4 is 5.73 Å². The van der Waals surface area contributed by atoms with E-state index in [9.17, 15) is 0 Å². The van der Waals surface area contributed by atoms with Gasteiger partial charge in [-0.25, -0.2) is 0 Å². The zero-order chi connectivity index (χ0) is 10.9. The van der Waals surface area contributed by atoms with Gasteiger partial charge in [0.1, 0.15) is 0 Å². The molecule has 0 spiro atoms. The fourth-order valence-electron chi connectivity index (χ4n) is 1.04. The summed E-state index contributed by atoms with van der Waals surface area (Å²) in [4.78, 5) is 0. The van der Waals surface area contributed by atoms with Crippen LogP contribution in [0.4, 0.5) is 5.69 Å². The molecular weight excluding hydrogens is 182 g/mol. The predicted octanol–water partition coefficient (Wildman–Crippen LogP) is 3.58. The Morgan fingerprint density at radius 3 is 2.13 bits per heavy atom. The first-order valence-corrected chi connectivity index (χ1v) is 4.81. The summed E-state index contributed by atoms with van der Waals surface area (Å²) >= 11 is 0. The van der Waals surface area contributed by atoms with Crippen LogP contribution in [-0.4, -0.2) is 0 Å². The first-order chi connectivity index (χ1) is 7.33. The smallest absolute Gasteiger partial charge is 0.0314 e. The average Bonchev–Trinajstić information content (AvgIpc) is 2.26. The summed E-state index contributed by atoms with van der Waals surface area (Å²) in [6.45, 7) is 3.58. The molecule has 1 nitrogen and oxygen atoms in total. The van der Waals surface area contributed by atoms with E-state index in [0.717, 1.165) is 11.3 Å². The molecule has 0 aliphatic carbocycles. The molecule has 0 unspecified atom stereocenters. The maximum atomic E-state index is 5.58. The Morgan fingerprint density at radius 2 is 1.47 bits per heavy atom. The van der Waals surface area contributed by atoms with Gasteiger partial charge in [-0.05, 0) is 17.7 Å². The Kier molecular flexibility index (Phi) is 4.74. The Morgan fingerprint density at radius 1 is 0.867 bits per heavy atom. The van der Waals surface area contributed by atoms with E-state index < -0.39 is 0 Å². The number of hydrogen-bond donors (Lipinski definition) is 1. The van der Waals surface area contributed by atoms with Crippen molar-refractivity contribution in [3.05, 3.63) is 72.9 Å². The number of benzene rings is 1. The van der Waals surface area contributed by atoms with Crippen molar-refractivity contribution in [3.8, 4) is 0 Å². The molecule has 0 heterocycles. The van der Waals surface area contributed by atoms with Crippen molar-refractivity contribution in [2.75, 3.05) is 5.73 Å². The lowest BCUT2D eigenvalue weighted by Crippen LogP contribution is -1.82. The molecule has 0 aliphatic heterocycles. The monoisotopic (exact) mass is 197 g/mol. The van der Waals surface area contributed by atoms with Crippen LogP contribution in [0.5, 0.6) is 0 Å². The Labute approximate surface area is 90.9 Å². The summed E-state index contributed by atoms with van der Waals surface area (Å²) in [5, 5.41) is 0. The van der Waals surface area contributed by atoms with Crippen molar-refractivity contribution in [3.63, 3.8) is 0 Å². The van der Waals surface area contributed by atoms with E-state index in [-0.39, 0.29) is 0 Å². The van der Waals surface area contributed by atoms with Crippen molar-refractivity contribution < 1.29 is 0 Å². The van der Waals surface area contributed by atoms with Crippen molar-refractivity contribution in [1.29, 1.82) is 0 Å². The van der Waals surface area contributed by atoms with Gasteiger partial charge in [0.2, 0.25) is 0 Å². The zero-order valence-electron chi connectivity index (χ0n) is 8.64. The van der Waals surface area contributed by atoms with Crippen LogP contribution in [-0.2, 0) is 0 Å². The molecule has 0 atom stereocenters. The SMILES string of the molecule is C=C/C=C/C=C/C=C/c1ccc(N)cc1. The van der Waals surface area contributed by atoms with Gasteiger partial charge in [0.05, 0.1) is 0 Å². The minimum absolute atomic E-state index is 0.789. The highest BCUT2D eigenvalue weighted by atomic mass is 14.5. The van der Waals surface area contributed by atoms with Gasteiger partial charge >= 0.3 is 0 Å². The molecule has 2 N–H and O–H groups in total. The van der Waals surface area contributed by atoms with E-state index in [4.69, 9.17) is 5.73 Å². The molecule has 0 fully saturated rings. The highest BCUT2D eigenvalue weighted by Crippen LogP contribution is 2.06. The fourth-order valence-corrected chi connectivity index (χ4v) is 1.04. The first-order valence-electron chi connectivity index (χ1n) is 4.81. The summed E-state index contributed by atoms with van der Waals surface area (Å²) in [5.41, 5.74) is 7.51. The van der Waals surface area contributed by atoms with E-state index in [0.29, 0.717) is 0 Å². The maximum Gasteiger partial charge on any atom is 0.0314 e. The lowest BCUT2D eigenvalue weighted by molar-refractivity contribution is 1.64. The standard InChI is InChI=1S/C14H15N/c1-2-3-4-5-6-7-8-13-9-11-14(15)12-10-13/h2-12H,1,15H2/b4-3+,6-5+,8-7+. The second-order valence-corrected chi connectivity index (χ2v) is 3.03. The molecular formula is C14H15N. The Balaban J connectivity index is 2.51. The lowest BCUT2D eigenvalue weighted by Gasteiger charge is -1.93. The molecule has 0 saturated carbocycles. The molecule has 1 rings (SSSR count). The van der Waals surface area contributed by atoms with Crippen LogP contribution in [0.3, 0.4) is 0 Å². The van der Waals surface area contributed by atoms with Gasteiger partial charge < -0.3 is 5.73 Å². The number of hydrogen-bond acceptors (Lipinski definition) is 1. The van der Waals surface area contributed by atoms with Crippen molar-refractivity contribution in [1.82, 2.24) is 0 Å². The molecule has 76 valence electrons. The molecule has 0 aliphatic rings. The molecule has 0 saturated heterocycles. The van der Waals surface area contributed by atoms with Gasteiger partial charge in [-0.15, -0.1) is 0 Å². The number of nitrogen functional groups attached to an aromatic ring is 1. The molecule has 0 aromatic heterocycles. The molecule has 1 aromatic rings. The molecule has 1 heteroatoms. The van der Waals surface area contributed by atoms with E-state index in [2.05, 4.69) is 6.58 Å². The van der Waals surface area contributed by atoms with Crippen LogP contribution in [0.1, 0.15) is 5.56 Å². The second kappa shape index (κ2) is 6.44. The number of nitrogens with two attached hydrogens (primary N) is 1. The molecule has 0 bridgehead atoms. The molecule has 15 heavy (non-hydrogen) atoms. The van der Waals surface area contributed by atoms with E-state index in [1.54, 1.807) is 6.08 Å². The summed E-state index contributed by atoms with van der Waals surface area (Å²) in [6, 6.07) is 7.75. The Bertz CT molecular complexity index is 380. The third kappa shape index (κ3) is 4.67. The normalized spacial score (nSPS) is 11.7. The summed E-state index contributed by atoms with van der Waals surface area (Å²) in [7, 11) is 0. The van der Waals surface area contributed by atoms with E-state index in [1.807, 2.05) is 60.7 Å². The topological polar surface area (TPSA) is 26.0 Å². The predicted molar refractivity (Wildman–Crippen MR) is 68.4 cm³/mol. The van der Waals surface area contributed by atoms with Gasteiger partial charge in [0.25, 0.3) is 0 Å². The maximum absolute atomic E-state index is 5.58. The summed E-state index contributed by atoms with van der Waals surface area (Å²) in [5.74, 6) is 0. The number of anilines is 1. The van der Waals surface area contributed by atoms with Crippen molar-refractivity contribution in [2.24, 2.45) is 0 Å². The van der Waals surface area contributed by atoms with Crippen LogP contribution in [0.15, 0.2) is 67.3 Å². The minimum atomic E-state index is 0.789. The van der Waals surface area contributed by atoms with Crippen LogP contribution in [0, 0.1) is 0 Å². The third-order valence-corrected chi connectivity index (χ3v) is 1.81. The summed E-state index contributed by atoms with van der Waals surface area (Å²) < 4.78 is 0. The molecule has 0 amide bonds. The average molecular weight is 197 g/mol. The van der Waals surface area contributed by atoms with E-state index in [1.165, 1.54) is 0 Å². The molecule has 1 aromatic carbocycles. The van der Waals surface area contributed by atoms with Crippen LogP contribution >= 0.6 is 0 Å². The number of allylic oxidation sites excluding steroid dienone is 6. The summed E-state index contributed by atoms with van der Waals surface area (Å²) in [6.07, 6.45) is 13.5. The lowest BCUT2D eigenvalue weighted by atomic mass is 10.2. The second-order valence-electron chi connectivity index (χ2n) is 3.03. The zero-order valence-corrected chi connectivity index (χ0v) is 8.64. The molecule has 0 radical (unpaired) electrons. The highest BCUT2D eigenvalue weighted by molar-refractivity contribution is 5.54. The minimum Gasteiger partial charge on any atom is -0.399 e. The quantitative estimate of drug-likeness (QED) is 0.579. The van der Waals surface area contributed by atoms with E-state index >= 15 is 0 Å². The number of rotatable bonds is 4. The van der Waals surface area contributed by atoms with Crippen molar-refractivity contribution in [2.45, 2.75) is 0 Å². The largest absolute Gasteiger partial charge is 0.399 e. The van der Waals surface area contributed by atoms with Gasteiger partial charge in [-0.2, -0.15) is 0 Å². The fraction of sp³-hybridized carbons (Fsp3) is 0. The highest BCUT2D eigenvalue weighted by Gasteiger charge is 1.84. The first kappa shape index (κ1) is 11.1. The van der Waals surface area contributed by atoms with Crippen LogP contribution in [0.2, 0.25) is 0 Å². The van der Waals surface area contributed by atoms with Gasteiger partial charge in [0, 0.05) is 5.69 Å². The van der Waals surface area contributed by atoms with Gasteiger partial charge in [-0.3, -0.25) is 0 Å².